The highest BCUT2D eigenvalue weighted by atomic mass is 19.1. The number of halogens is 1. The fourth-order valence-corrected chi connectivity index (χ4v) is 1.78. The minimum Gasteiger partial charge on any atom is -0.339 e. The van der Waals surface area contributed by atoms with Gasteiger partial charge in [0.25, 0.3) is 0 Å². The molecular weight excluding hydrogens is 233 g/mol. The smallest absolute Gasteiger partial charge is 0.228 e. The summed E-state index contributed by atoms with van der Waals surface area (Å²) in [6.07, 6.45) is 3.19. The quantitative estimate of drug-likeness (QED) is 0.879. The van der Waals surface area contributed by atoms with Gasteiger partial charge >= 0.3 is 0 Å². The number of aromatic nitrogens is 2. The molecule has 0 bridgehead atoms. The van der Waals surface area contributed by atoms with E-state index in [0.717, 1.165) is 6.54 Å². The van der Waals surface area contributed by atoms with E-state index in [9.17, 15) is 4.39 Å². The number of rotatable bonds is 5. The van der Waals surface area contributed by atoms with Gasteiger partial charge in [-0.1, -0.05) is 17.3 Å². The lowest BCUT2D eigenvalue weighted by molar-refractivity contribution is 0.376. The van der Waals surface area contributed by atoms with E-state index in [1.165, 1.54) is 18.9 Å². The highest BCUT2D eigenvalue weighted by Crippen LogP contribution is 2.20. The van der Waals surface area contributed by atoms with E-state index in [4.69, 9.17) is 4.52 Å². The SMILES string of the molecule is Fc1ccccc1-c1noc(CCNC2CC2)n1. The molecule has 1 heterocycles. The predicted octanol–water partition coefficient (Wildman–Crippen LogP) is 2.17. The van der Waals surface area contributed by atoms with Crippen LogP contribution in [0.15, 0.2) is 28.8 Å². The van der Waals surface area contributed by atoms with Crippen LogP contribution in [0.4, 0.5) is 4.39 Å². The van der Waals surface area contributed by atoms with Gasteiger partial charge in [-0.3, -0.25) is 0 Å². The second-order valence-electron chi connectivity index (χ2n) is 4.47. The van der Waals surface area contributed by atoms with E-state index in [1.54, 1.807) is 18.2 Å². The molecule has 1 aromatic heterocycles. The molecule has 1 fully saturated rings. The molecular formula is C13H14FN3O. The minimum absolute atomic E-state index is 0.314. The fraction of sp³-hybridized carbons (Fsp3) is 0.385. The lowest BCUT2D eigenvalue weighted by Gasteiger charge is -1.97. The van der Waals surface area contributed by atoms with Gasteiger partial charge < -0.3 is 9.84 Å². The predicted molar refractivity (Wildman–Crippen MR) is 64.4 cm³/mol. The standard InChI is InChI=1S/C13H14FN3O/c14-11-4-2-1-3-10(11)13-16-12(18-17-13)7-8-15-9-5-6-9/h1-4,9,15H,5-8H2. The monoisotopic (exact) mass is 247 g/mol. The molecule has 0 saturated heterocycles. The summed E-state index contributed by atoms with van der Waals surface area (Å²) in [5, 5.41) is 7.17. The van der Waals surface area contributed by atoms with Crippen molar-refractivity contribution in [3.63, 3.8) is 0 Å². The molecule has 1 N–H and O–H groups in total. The van der Waals surface area contributed by atoms with E-state index in [0.29, 0.717) is 29.7 Å². The summed E-state index contributed by atoms with van der Waals surface area (Å²) in [6.45, 7) is 0.823. The van der Waals surface area contributed by atoms with Crippen LogP contribution in [-0.2, 0) is 6.42 Å². The zero-order valence-corrected chi connectivity index (χ0v) is 9.90. The van der Waals surface area contributed by atoms with Gasteiger partial charge in [0.1, 0.15) is 5.82 Å². The molecule has 3 rings (SSSR count). The Morgan fingerprint density at radius 3 is 2.94 bits per heavy atom. The molecule has 1 saturated carbocycles. The second kappa shape index (κ2) is 4.86. The topological polar surface area (TPSA) is 51.0 Å². The van der Waals surface area contributed by atoms with E-state index < -0.39 is 0 Å². The summed E-state index contributed by atoms with van der Waals surface area (Å²) in [5.74, 6) is 0.525. The maximum atomic E-state index is 13.5. The summed E-state index contributed by atoms with van der Waals surface area (Å²) in [4.78, 5) is 4.20. The van der Waals surface area contributed by atoms with Crippen LogP contribution >= 0.6 is 0 Å². The minimum atomic E-state index is -0.332. The first-order valence-electron chi connectivity index (χ1n) is 6.14. The second-order valence-corrected chi connectivity index (χ2v) is 4.47. The first-order valence-corrected chi connectivity index (χ1v) is 6.14. The summed E-state index contributed by atoms with van der Waals surface area (Å²) < 4.78 is 18.6. The van der Waals surface area contributed by atoms with Crippen molar-refractivity contribution in [2.45, 2.75) is 25.3 Å². The van der Waals surface area contributed by atoms with Crippen molar-refractivity contribution in [3.8, 4) is 11.4 Å². The van der Waals surface area contributed by atoms with E-state index in [1.807, 2.05) is 0 Å². The van der Waals surface area contributed by atoms with Crippen LogP contribution in [0, 0.1) is 5.82 Å². The van der Waals surface area contributed by atoms with Crippen molar-refractivity contribution in [2.24, 2.45) is 0 Å². The zero-order chi connectivity index (χ0) is 12.4. The molecule has 0 radical (unpaired) electrons. The highest BCUT2D eigenvalue weighted by Gasteiger charge is 2.20. The van der Waals surface area contributed by atoms with Gasteiger partial charge in [-0.15, -0.1) is 0 Å². The Labute approximate surface area is 104 Å². The number of hydrogen-bond donors (Lipinski definition) is 1. The van der Waals surface area contributed by atoms with Gasteiger partial charge in [-0.25, -0.2) is 4.39 Å². The van der Waals surface area contributed by atoms with Gasteiger partial charge in [0.15, 0.2) is 0 Å². The molecule has 0 amide bonds. The van der Waals surface area contributed by atoms with Crippen LogP contribution in [0.1, 0.15) is 18.7 Å². The summed E-state index contributed by atoms with van der Waals surface area (Å²) in [5.41, 5.74) is 0.377. The van der Waals surface area contributed by atoms with Crippen molar-refractivity contribution in [1.29, 1.82) is 0 Å². The van der Waals surface area contributed by atoms with E-state index in [2.05, 4.69) is 15.5 Å². The first kappa shape index (κ1) is 11.3. The molecule has 5 heteroatoms. The lowest BCUT2D eigenvalue weighted by Crippen LogP contribution is -2.19. The maximum absolute atomic E-state index is 13.5. The van der Waals surface area contributed by atoms with Crippen LogP contribution in [0.25, 0.3) is 11.4 Å². The van der Waals surface area contributed by atoms with Crippen LogP contribution in [0.2, 0.25) is 0 Å². The molecule has 18 heavy (non-hydrogen) atoms. The Morgan fingerprint density at radius 2 is 2.17 bits per heavy atom. The Hall–Kier alpha value is -1.75. The maximum Gasteiger partial charge on any atom is 0.228 e. The van der Waals surface area contributed by atoms with Crippen molar-refractivity contribution >= 4 is 0 Å². The molecule has 1 aliphatic rings. The summed E-state index contributed by atoms with van der Waals surface area (Å²) in [6, 6.07) is 7.09. The molecule has 4 nitrogen and oxygen atoms in total. The third-order valence-corrected chi connectivity index (χ3v) is 2.93. The van der Waals surface area contributed by atoms with Gasteiger partial charge in [0, 0.05) is 19.0 Å². The number of nitrogens with zero attached hydrogens (tertiary/aromatic N) is 2. The largest absolute Gasteiger partial charge is 0.339 e. The van der Waals surface area contributed by atoms with Crippen molar-refractivity contribution < 1.29 is 8.91 Å². The molecule has 94 valence electrons. The zero-order valence-electron chi connectivity index (χ0n) is 9.90. The van der Waals surface area contributed by atoms with Crippen LogP contribution in [-0.4, -0.2) is 22.7 Å². The Morgan fingerprint density at radius 1 is 1.33 bits per heavy atom. The van der Waals surface area contributed by atoms with Gasteiger partial charge in [0.2, 0.25) is 11.7 Å². The number of nitrogens with one attached hydrogen (secondary N) is 1. The summed E-state index contributed by atoms with van der Waals surface area (Å²) >= 11 is 0. The molecule has 0 spiro atoms. The third-order valence-electron chi connectivity index (χ3n) is 2.93. The number of hydrogen-bond acceptors (Lipinski definition) is 4. The third kappa shape index (κ3) is 2.56. The molecule has 0 atom stereocenters. The normalized spacial score (nSPS) is 14.9. The van der Waals surface area contributed by atoms with Gasteiger partial charge in [-0.05, 0) is 25.0 Å². The van der Waals surface area contributed by atoms with Gasteiger partial charge in [-0.2, -0.15) is 4.98 Å². The van der Waals surface area contributed by atoms with E-state index in [-0.39, 0.29) is 5.82 Å². The van der Waals surface area contributed by atoms with Crippen molar-refractivity contribution in [3.05, 3.63) is 36.0 Å². The highest BCUT2D eigenvalue weighted by molar-refractivity contribution is 5.54. The Kier molecular flexibility index (Phi) is 3.06. The van der Waals surface area contributed by atoms with E-state index >= 15 is 0 Å². The Bertz CT molecular complexity index is 537. The van der Waals surface area contributed by atoms with Crippen LogP contribution in [0.5, 0.6) is 0 Å². The lowest BCUT2D eigenvalue weighted by atomic mass is 10.2. The van der Waals surface area contributed by atoms with Crippen LogP contribution in [0.3, 0.4) is 0 Å². The molecule has 1 aliphatic carbocycles. The molecule has 0 aliphatic heterocycles. The molecule has 2 aromatic rings. The van der Waals surface area contributed by atoms with Crippen LogP contribution < -0.4 is 5.32 Å². The first-order chi connectivity index (χ1) is 8.83. The van der Waals surface area contributed by atoms with Crippen molar-refractivity contribution in [2.75, 3.05) is 6.54 Å². The average Bonchev–Trinajstić information content (AvgIpc) is 3.08. The molecule has 1 aromatic carbocycles. The molecule has 0 unspecified atom stereocenters. The fourth-order valence-electron chi connectivity index (χ4n) is 1.78. The van der Waals surface area contributed by atoms with Crippen molar-refractivity contribution in [1.82, 2.24) is 15.5 Å². The van der Waals surface area contributed by atoms with Gasteiger partial charge in [0.05, 0.1) is 5.56 Å². The number of benzene rings is 1. The summed E-state index contributed by atoms with van der Waals surface area (Å²) in [7, 11) is 0. The Balaban J connectivity index is 1.66. The average molecular weight is 247 g/mol.